The van der Waals surface area contributed by atoms with Crippen molar-refractivity contribution in [3.05, 3.63) is 71.9 Å². The van der Waals surface area contributed by atoms with Crippen molar-refractivity contribution in [2.75, 3.05) is 7.11 Å². The van der Waals surface area contributed by atoms with E-state index in [2.05, 4.69) is 9.72 Å². The Bertz CT molecular complexity index is 797. The number of fused-ring (bicyclic) bond motifs is 1. The number of hydrogen-bond donors (Lipinski definition) is 0. The summed E-state index contributed by atoms with van der Waals surface area (Å²) < 4.78 is 10.4. The number of benzene rings is 2. The molecule has 0 bridgehead atoms. The van der Waals surface area contributed by atoms with Crippen LogP contribution in [0.25, 0.3) is 10.9 Å². The summed E-state index contributed by atoms with van der Waals surface area (Å²) in [4.78, 5) is 15.9. The SMILES string of the molecule is COC(=O)c1ccc(OCc2ccc3ccccc3n2)cc1. The van der Waals surface area contributed by atoms with Crippen molar-refractivity contribution in [2.24, 2.45) is 0 Å². The van der Waals surface area contributed by atoms with Crippen LogP contribution in [0.3, 0.4) is 0 Å². The highest BCUT2D eigenvalue weighted by molar-refractivity contribution is 5.89. The maximum Gasteiger partial charge on any atom is 0.337 e. The van der Waals surface area contributed by atoms with Gasteiger partial charge in [-0.2, -0.15) is 0 Å². The topological polar surface area (TPSA) is 48.4 Å². The molecule has 0 aliphatic carbocycles. The summed E-state index contributed by atoms with van der Waals surface area (Å²) in [5.41, 5.74) is 2.30. The summed E-state index contributed by atoms with van der Waals surface area (Å²) in [5.74, 6) is 0.324. The Kier molecular flexibility index (Phi) is 4.01. The molecule has 0 saturated carbocycles. The number of ether oxygens (including phenoxy) is 2. The second-order valence-corrected chi connectivity index (χ2v) is 4.80. The number of nitrogens with zero attached hydrogens (tertiary/aromatic N) is 1. The van der Waals surface area contributed by atoms with Gasteiger partial charge in [-0.3, -0.25) is 0 Å². The van der Waals surface area contributed by atoms with E-state index in [1.165, 1.54) is 7.11 Å². The van der Waals surface area contributed by atoms with E-state index in [-0.39, 0.29) is 5.97 Å². The molecule has 0 aliphatic heterocycles. The normalized spacial score (nSPS) is 10.4. The van der Waals surface area contributed by atoms with Gasteiger partial charge in [0.05, 0.1) is 23.9 Å². The number of hydrogen-bond acceptors (Lipinski definition) is 4. The van der Waals surface area contributed by atoms with Gasteiger partial charge in [0.15, 0.2) is 0 Å². The maximum absolute atomic E-state index is 11.4. The van der Waals surface area contributed by atoms with Crippen molar-refractivity contribution in [2.45, 2.75) is 6.61 Å². The quantitative estimate of drug-likeness (QED) is 0.690. The molecule has 22 heavy (non-hydrogen) atoms. The first kappa shape index (κ1) is 14.1. The Hall–Kier alpha value is -2.88. The van der Waals surface area contributed by atoms with E-state index in [0.29, 0.717) is 17.9 Å². The van der Waals surface area contributed by atoms with E-state index in [1.54, 1.807) is 24.3 Å². The number of esters is 1. The Labute approximate surface area is 128 Å². The smallest absolute Gasteiger partial charge is 0.337 e. The molecule has 0 aliphatic rings. The van der Waals surface area contributed by atoms with E-state index < -0.39 is 0 Å². The Balaban J connectivity index is 1.69. The van der Waals surface area contributed by atoms with Crippen LogP contribution in [0.15, 0.2) is 60.7 Å². The summed E-state index contributed by atoms with van der Waals surface area (Å²) in [6, 6.07) is 18.8. The highest BCUT2D eigenvalue weighted by atomic mass is 16.5. The van der Waals surface area contributed by atoms with Gasteiger partial charge in [-0.15, -0.1) is 0 Å². The molecular formula is C18H15NO3. The number of carbonyl (C=O) groups excluding carboxylic acids is 1. The largest absolute Gasteiger partial charge is 0.487 e. The van der Waals surface area contributed by atoms with Gasteiger partial charge in [-0.25, -0.2) is 9.78 Å². The van der Waals surface area contributed by atoms with Crippen molar-refractivity contribution >= 4 is 16.9 Å². The first-order valence-corrected chi connectivity index (χ1v) is 6.92. The molecule has 0 N–H and O–H groups in total. The summed E-state index contributed by atoms with van der Waals surface area (Å²) in [5, 5.41) is 1.11. The van der Waals surface area contributed by atoms with Gasteiger partial charge in [0.1, 0.15) is 12.4 Å². The molecule has 4 nitrogen and oxygen atoms in total. The van der Waals surface area contributed by atoms with E-state index in [4.69, 9.17) is 4.74 Å². The van der Waals surface area contributed by atoms with E-state index in [9.17, 15) is 4.79 Å². The van der Waals surface area contributed by atoms with Crippen LogP contribution in [0.5, 0.6) is 5.75 Å². The molecule has 3 rings (SSSR count). The second-order valence-electron chi connectivity index (χ2n) is 4.80. The molecule has 0 unspecified atom stereocenters. The molecule has 0 atom stereocenters. The van der Waals surface area contributed by atoms with Crippen LogP contribution in [0.4, 0.5) is 0 Å². The lowest BCUT2D eigenvalue weighted by atomic mass is 10.2. The standard InChI is InChI=1S/C18H15NO3/c1-21-18(20)14-7-10-16(11-8-14)22-12-15-9-6-13-4-2-3-5-17(13)19-15/h2-11H,12H2,1H3. The van der Waals surface area contributed by atoms with Crippen LogP contribution < -0.4 is 4.74 Å². The summed E-state index contributed by atoms with van der Waals surface area (Å²) >= 11 is 0. The molecule has 1 heterocycles. The number of methoxy groups -OCH3 is 1. The lowest BCUT2D eigenvalue weighted by Crippen LogP contribution is -2.01. The maximum atomic E-state index is 11.4. The minimum absolute atomic E-state index is 0.359. The van der Waals surface area contributed by atoms with Crippen molar-refractivity contribution < 1.29 is 14.3 Å². The fourth-order valence-corrected chi connectivity index (χ4v) is 2.15. The summed E-state index contributed by atoms with van der Waals surface area (Å²) in [6.45, 7) is 0.377. The van der Waals surface area contributed by atoms with Crippen molar-refractivity contribution in [3.8, 4) is 5.75 Å². The van der Waals surface area contributed by atoms with Crippen molar-refractivity contribution in [3.63, 3.8) is 0 Å². The third-order valence-corrected chi connectivity index (χ3v) is 3.32. The predicted octanol–water partition coefficient (Wildman–Crippen LogP) is 3.60. The third-order valence-electron chi connectivity index (χ3n) is 3.32. The molecule has 110 valence electrons. The van der Waals surface area contributed by atoms with Gasteiger partial charge in [-0.05, 0) is 36.4 Å². The number of pyridine rings is 1. The van der Waals surface area contributed by atoms with Gasteiger partial charge in [-0.1, -0.05) is 24.3 Å². The van der Waals surface area contributed by atoms with Crippen molar-refractivity contribution in [1.29, 1.82) is 0 Å². The monoisotopic (exact) mass is 293 g/mol. The highest BCUT2D eigenvalue weighted by Gasteiger charge is 2.05. The average molecular weight is 293 g/mol. The third kappa shape index (κ3) is 3.06. The first-order chi connectivity index (χ1) is 10.8. The van der Waals surface area contributed by atoms with E-state index >= 15 is 0 Å². The minimum Gasteiger partial charge on any atom is -0.487 e. The van der Waals surface area contributed by atoms with Gasteiger partial charge in [0.2, 0.25) is 0 Å². The number of aromatic nitrogens is 1. The predicted molar refractivity (Wildman–Crippen MR) is 83.9 cm³/mol. The molecule has 0 amide bonds. The summed E-state index contributed by atoms with van der Waals surface area (Å²) in [7, 11) is 1.36. The van der Waals surface area contributed by atoms with Crippen LogP contribution in [-0.4, -0.2) is 18.1 Å². The second kappa shape index (κ2) is 6.26. The first-order valence-electron chi connectivity index (χ1n) is 6.92. The van der Waals surface area contributed by atoms with Gasteiger partial charge >= 0.3 is 5.97 Å². The van der Waals surface area contributed by atoms with Crippen LogP contribution in [0.2, 0.25) is 0 Å². The molecule has 3 aromatic rings. The number of para-hydroxylation sites is 1. The molecule has 0 fully saturated rings. The summed E-state index contributed by atoms with van der Waals surface area (Å²) in [6.07, 6.45) is 0. The van der Waals surface area contributed by atoms with Crippen molar-refractivity contribution in [1.82, 2.24) is 4.98 Å². The van der Waals surface area contributed by atoms with Gasteiger partial charge < -0.3 is 9.47 Å². The van der Waals surface area contributed by atoms with Crippen LogP contribution in [0.1, 0.15) is 16.1 Å². The lowest BCUT2D eigenvalue weighted by molar-refractivity contribution is 0.0600. The molecule has 4 heteroatoms. The number of rotatable bonds is 4. The van der Waals surface area contributed by atoms with Gasteiger partial charge in [0, 0.05) is 5.39 Å². The van der Waals surface area contributed by atoms with Crippen LogP contribution in [-0.2, 0) is 11.3 Å². The zero-order valence-electron chi connectivity index (χ0n) is 12.2. The fraction of sp³-hybridized carbons (Fsp3) is 0.111. The Morgan fingerprint density at radius 1 is 1.00 bits per heavy atom. The highest BCUT2D eigenvalue weighted by Crippen LogP contribution is 2.16. The van der Waals surface area contributed by atoms with E-state index in [1.807, 2.05) is 36.4 Å². The molecule has 0 radical (unpaired) electrons. The zero-order valence-corrected chi connectivity index (χ0v) is 12.2. The fourth-order valence-electron chi connectivity index (χ4n) is 2.15. The molecular weight excluding hydrogens is 278 g/mol. The lowest BCUT2D eigenvalue weighted by Gasteiger charge is -2.07. The van der Waals surface area contributed by atoms with Gasteiger partial charge in [0.25, 0.3) is 0 Å². The van der Waals surface area contributed by atoms with Crippen LogP contribution in [0, 0.1) is 0 Å². The van der Waals surface area contributed by atoms with E-state index in [0.717, 1.165) is 16.6 Å². The Morgan fingerprint density at radius 3 is 2.55 bits per heavy atom. The number of carbonyl (C=O) groups is 1. The zero-order chi connectivity index (χ0) is 15.4. The molecule has 1 aromatic heterocycles. The minimum atomic E-state index is -0.359. The van der Waals surface area contributed by atoms with Crippen LogP contribution >= 0.6 is 0 Å². The molecule has 0 saturated heterocycles. The Morgan fingerprint density at radius 2 is 1.77 bits per heavy atom. The molecule has 0 spiro atoms. The average Bonchev–Trinajstić information content (AvgIpc) is 2.59. The molecule has 2 aromatic carbocycles.